The van der Waals surface area contributed by atoms with Crippen LogP contribution in [0.2, 0.25) is 0 Å². The molecule has 0 unspecified atom stereocenters. The Morgan fingerprint density at radius 2 is 0.700 bits per heavy atom. The quantitative estimate of drug-likeness (QED) is 0.160. The molecule has 11 rings (SSSR count). The van der Waals surface area contributed by atoms with Crippen molar-refractivity contribution in [3.05, 3.63) is 237 Å². The number of anilines is 3. The Kier molecular flexibility index (Phi) is 8.87. The molecule has 0 spiro atoms. The lowest BCUT2D eigenvalue weighted by atomic mass is 9.89. The van der Waals surface area contributed by atoms with Crippen molar-refractivity contribution in [2.75, 3.05) is 4.90 Å². The lowest BCUT2D eigenvalue weighted by Gasteiger charge is -2.29. The van der Waals surface area contributed by atoms with E-state index >= 15 is 0 Å². The maximum atomic E-state index is 7.07. The highest BCUT2D eigenvalue weighted by Crippen LogP contribution is 2.54. The highest BCUT2D eigenvalue weighted by Gasteiger charge is 2.27. The summed E-state index contributed by atoms with van der Waals surface area (Å²) in [5, 5.41) is 2.32. The van der Waals surface area contributed by atoms with Crippen molar-refractivity contribution in [2.24, 2.45) is 0 Å². The zero-order valence-electron chi connectivity index (χ0n) is 32.9. The molecule has 0 N–H and O–H groups in total. The van der Waals surface area contributed by atoms with Crippen LogP contribution in [0, 0.1) is 0 Å². The number of fused-ring (bicyclic) bond motifs is 6. The molecule has 0 bridgehead atoms. The van der Waals surface area contributed by atoms with Gasteiger partial charge in [0.2, 0.25) is 0 Å². The molecule has 0 aromatic heterocycles. The van der Waals surface area contributed by atoms with Gasteiger partial charge in [0.15, 0.2) is 0 Å². The third-order valence-corrected chi connectivity index (χ3v) is 11.7. The second kappa shape index (κ2) is 15.1. The molecule has 0 radical (unpaired) electrons. The van der Waals surface area contributed by atoms with Gasteiger partial charge in [-0.15, -0.1) is 0 Å². The summed E-state index contributed by atoms with van der Waals surface area (Å²) >= 11 is 0. The molecule has 0 saturated carbocycles. The number of benzene rings is 10. The minimum Gasteiger partial charge on any atom is -0.456 e. The van der Waals surface area contributed by atoms with Crippen LogP contribution in [-0.2, 0) is 0 Å². The first-order chi connectivity index (χ1) is 29.7. The second-order valence-corrected chi connectivity index (χ2v) is 15.3. The van der Waals surface area contributed by atoms with Gasteiger partial charge >= 0.3 is 0 Å². The molecule has 1 heterocycles. The smallest absolute Gasteiger partial charge is 0.137 e. The first-order valence-corrected chi connectivity index (χ1v) is 20.5. The van der Waals surface area contributed by atoms with Crippen molar-refractivity contribution < 1.29 is 4.74 Å². The molecule has 2 nitrogen and oxygen atoms in total. The number of ether oxygens (including phenoxy) is 1. The predicted molar refractivity (Wildman–Crippen MR) is 251 cm³/mol. The van der Waals surface area contributed by atoms with Crippen LogP contribution in [0.25, 0.3) is 77.5 Å². The van der Waals surface area contributed by atoms with E-state index in [0.29, 0.717) is 0 Å². The van der Waals surface area contributed by atoms with Crippen LogP contribution in [0.15, 0.2) is 237 Å². The molecule has 0 saturated heterocycles. The van der Waals surface area contributed by atoms with E-state index < -0.39 is 0 Å². The third kappa shape index (κ3) is 6.51. The van der Waals surface area contributed by atoms with Crippen molar-refractivity contribution in [1.82, 2.24) is 0 Å². The molecule has 60 heavy (non-hydrogen) atoms. The summed E-state index contributed by atoms with van der Waals surface area (Å²) in [5.74, 6) is 1.66. The minimum atomic E-state index is 0.816. The SMILES string of the molecule is c1ccc(-c2ccc(-c3ccc(N(c4ccc(-c5ccccc5)cc4)c4cccc5c4-c4ccc(-c6ccccc6)cc4-c4cc6ccccc6cc4O5)cc3)cc2)cc1. The Morgan fingerprint density at radius 3 is 1.23 bits per heavy atom. The minimum absolute atomic E-state index is 0.816. The van der Waals surface area contributed by atoms with Gasteiger partial charge in [0, 0.05) is 22.5 Å². The third-order valence-electron chi connectivity index (χ3n) is 11.7. The first-order valence-electron chi connectivity index (χ1n) is 20.5. The summed E-state index contributed by atoms with van der Waals surface area (Å²) in [4.78, 5) is 2.38. The topological polar surface area (TPSA) is 12.5 Å². The van der Waals surface area contributed by atoms with Crippen LogP contribution >= 0.6 is 0 Å². The molecular weight excluding hydrogens is 727 g/mol. The average molecular weight is 766 g/mol. The van der Waals surface area contributed by atoms with Gasteiger partial charge in [0.1, 0.15) is 11.5 Å². The van der Waals surface area contributed by atoms with Crippen molar-refractivity contribution in [1.29, 1.82) is 0 Å². The van der Waals surface area contributed by atoms with E-state index in [9.17, 15) is 0 Å². The zero-order chi connectivity index (χ0) is 39.8. The van der Waals surface area contributed by atoms with Gasteiger partial charge in [-0.1, -0.05) is 182 Å². The number of rotatable bonds is 7. The molecule has 2 heteroatoms. The standard InChI is InChI=1S/C58H39NO/c1-4-13-40(14-5-1)43-23-25-44(26-24-43)46-29-34-51(35-30-46)59(50-32-27-45(28-33-50)41-15-6-2-7-16-41)55-21-12-22-56-58(55)52-36-31-49(42-17-8-3-9-18-42)37-53(52)54-38-47-19-10-11-20-48(47)39-57(54)60-56/h1-39H. The highest BCUT2D eigenvalue weighted by molar-refractivity contribution is 6.02. The summed E-state index contributed by atoms with van der Waals surface area (Å²) in [6.45, 7) is 0. The average Bonchev–Trinajstić information content (AvgIpc) is 3.46. The lowest BCUT2D eigenvalue weighted by Crippen LogP contribution is -2.11. The highest BCUT2D eigenvalue weighted by atomic mass is 16.5. The van der Waals surface area contributed by atoms with E-state index in [1.165, 1.54) is 38.8 Å². The molecule has 1 aliphatic rings. The Bertz CT molecular complexity index is 3120. The van der Waals surface area contributed by atoms with Crippen molar-refractivity contribution in [2.45, 2.75) is 0 Å². The molecule has 10 aromatic rings. The van der Waals surface area contributed by atoms with Gasteiger partial charge in [0.25, 0.3) is 0 Å². The normalized spacial score (nSPS) is 11.5. The number of hydrogen-bond acceptors (Lipinski definition) is 2. The first kappa shape index (κ1) is 35.2. The van der Waals surface area contributed by atoms with E-state index in [1.807, 2.05) is 0 Å². The fraction of sp³-hybridized carbons (Fsp3) is 0. The van der Waals surface area contributed by atoms with Gasteiger partial charge in [-0.3, -0.25) is 0 Å². The van der Waals surface area contributed by atoms with E-state index in [4.69, 9.17) is 4.74 Å². The molecule has 0 fully saturated rings. The van der Waals surface area contributed by atoms with Crippen LogP contribution in [0.5, 0.6) is 11.5 Å². The van der Waals surface area contributed by atoms with E-state index in [-0.39, 0.29) is 0 Å². The number of hydrogen-bond donors (Lipinski definition) is 0. The second-order valence-electron chi connectivity index (χ2n) is 15.3. The maximum absolute atomic E-state index is 7.07. The van der Waals surface area contributed by atoms with E-state index in [2.05, 4.69) is 241 Å². The van der Waals surface area contributed by atoms with Crippen molar-refractivity contribution in [3.63, 3.8) is 0 Å². The van der Waals surface area contributed by atoms with Crippen LogP contribution in [0.3, 0.4) is 0 Å². The lowest BCUT2D eigenvalue weighted by molar-refractivity contribution is 0.488. The largest absolute Gasteiger partial charge is 0.456 e. The molecule has 0 aliphatic carbocycles. The summed E-state index contributed by atoms with van der Waals surface area (Å²) in [5.41, 5.74) is 17.0. The van der Waals surface area contributed by atoms with Crippen LogP contribution in [0.4, 0.5) is 17.1 Å². The van der Waals surface area contributed by atoms with E-state index in [1.54, 1.807) is 0 Å². The Labute approximate surface area is 350 Å². The molecule has 282 valence electrons. The predicted octanol–water partition coefficient (Wildman–Crippen LogP) is 16.4. The summed E-state index contributed by atoms with van der Waals surface area (Å²) in [7, 11) is 0. The van der Waals surface area contributed by atoms with Crippen molar-refractivity contribution in [3.8, 4) is 78.3 Å². The van der Waals surface area contributed by atoms with Crippen LogP contribution in [0.1, 0.15) is 0 Å². The van der Waals surface area contributed by atoms with Crippen molar-refractivity contribution >= 4 is 27.8 Å². The number of nitrogens with zero attached hydrogens (tertiary/aromatic N) is 1. The molecule has 1 aliphatic heterocycles. The fourth-order valence-corrected chi connectivity index (χ4v) is 8.64. The Balaban J connectivity index is 1.08. The monoisotopic (exact) mass is 765 g/mol. The summed E-state index contributed by atoms with van der Waals surface area (Å²) in [6.07, 6.45) is 0. The molecule has 10 aromatic carbocycles. The zero-order valence-corrected chi connectivity index (χ0v) is 32.9. The summed E-state index contributed by atoms with van der Waals surface area (Å²) in [6, 6.07) is 84.8. The van der Waals surface area contributed by atoms with Gasteiger partial charge in [0.05, 0.1) is 5.69 Å². The van der Waals surface area contributed by atoms with Gasteiger partial charge in [-0.05, 0) is 121 Å². The van der Waals surface area contributed by atoms with Gasteiger partial charge < -0.3 is 9.64 Å². The van der Waals surface area contributed by atoms with Gasteiger partial charge in [-0.2, -0.15) is 0 Å². The Hall–Kier alpha value is -7.94. The Morgan fingerprint density at radius 1 is 0.267 bits per heavy atom. The molecular formula is C58H39NO. The van der Waals surface area contributed by atoms with E-state index in [0.717, 1.165) is 67.3 Å². The fourth-order valence-electron chi connectivity index (χ4n) is 8.64. The van der Waals surface area contributed by atoms with Crippen LogP contribution < -0.4 is 9.64 Å². The molecule has 0 amide bonds. The van der Waals surface area contributed by atoms with Gasteiger partial charge in [-0.25, -0.2) is 0 Å². The molecule has 0 atom stereocenters. The maximum Gasteiger partial charge on any atom is 0.137 e. The summed E-state index contributed by atoms with van der Waals surface area (Å²) < 4.78 is 7.07. The van der Waals surface area contributed by atoms with Crippen LogP contribution in [-0.4, -0.2) is 0 Å².